The number of hydrogen-bond acceptors (Lipinski definition) is 5. The van der Waals surface area contributed by atoms with Crippen LogP contribution in [0.2, 0.25) is 0 Å². The van der Waals surface area contributed by atoms with Gasteiger partial charge in [-0.1, -0.05) is 0 Å². The third-order valence-electron chi connectivity index (χ3n) is 2.82. The normalized spacial score (nSPS) is 10.1. The summed E-state index contributed by atoms with van der Waals surface area (Å²) in [6.45, 7) is 1.28. The van der Waals surface area contributed by atoms with Crippen molar-refractivity contribution >= 4 is 29.0 Å². The molecule has 0 aliphatic heterocycles. The van der Waals surface area contributed by atoms with Crippen LogP contribution >= 0.6 is 0 Å². The molecule has 2 rings (SSSR count). The van der Waals surface area contributed by atoms with Gasteiger partial charge in [-0.15, -0.1) is 0 Å². The molecule has 124 valence electrons. The molecule has 24 heavy (non-hydrogen) atoms. The summed E-state index contributed by atoms with van der Waals surface area (Å²) in [5.41, 5.74) is -2.00. The summed E-state index contributed by atoms with van der Waals surface area (Å²) in [5.74, 6) is -4.14. The molecule has 0 bridgehead atoms. The van der Waals surface area contributed by atoms with Crippen molar-refractivity contribution < 1.29 is 23.3 Å². The zero-order valence-electron chi connectivity index (χ0n) is 12.2. The molecule has 0 saturated heterocycles. The highest BCUT2D eigenvalue weighted by Gasteiger charge is 2.26. The largest absolute Gasteiger partial charge is 0.320 e. The fourth-order valence-electron chi connectivity index (χ4n) is 1.81. The number of hydrogen-bond donors (Lipinski definition) is 2. The van der Waals surface area contributed by atoms with Gasteiger partial charge in [-0.3, -0.25) is 19.7 Å². The zero-order chi connectivity index (χ0) is 17.9. The van der Waals surface area contributed by atoms with E-state index in [0.29, 0.717) is 12.1 Å². The van der Waals surface area contributed by atoms with Gasteiger partial charge in [0.1, 0.15) is 17.2 Å². The third-order valence-corrected chi connectivity index (χ3v) is 2.82. The first-order chi connectivity index (χ1) is 11.3. The second-order valence-electron chi connectivity index (χ2n) is 4.58. The molecule has 0 radical (unpaired) electrons. The van der Waals surface area contributed by atoms with Crippen LogP contribution in [0.5, 0.6) is 0 Å². The number of carbonyl (C=O) groups excluding carboxylic acids is 2. The van der Waals surface area contributed by atoms with E-state index in [-0.39, 0.29) is 17.4 Å². The van der Waals surface area contributed by atoms with Crippen LogP contribution in [0.15, 0.2) is 30.5 Å². The predicted octanol–water partition coefficient (Wildman–Crippen LogP) is 2.48. The number of nitro benzene ring substituents is 1. The number of halogens is 2. The Hall–Kier alpha value is -3.43. The monoisotopic (exact) mass is 336 g/mol. The van der Waals surface area contributed by atoms with E-state index in [4.69, 9.17) is 0 Å². The van der Waals surface area contributed by atoms with E-state index < -0.39 is 33.7 Å². The molecule has 0 spiro atoms. The summed E-state index contributed by atoms with van der Waals surface area (Å²) >= 11 is 0. The van der Waals surface area contributed by atoms with Crippen LogP contribution < -0.4 is 10.6 Å². The average molecular weight is 336 g/mol. The number of carbonyl (C=O) groups is 2. The molecule has 0 aliphatic rings. The molecule has 1 heterocycles. The van der Waals surface area contributed by atoms with Crippen LogP contribution in [-0.4, -0.2) is 21.7 Å². The van der Waals surface area contributed by atoms with Crippen molar-refractivity contribution in [1.29, 1.82) is 0 Å². The highest BCUT2D eigenvalue weighted by molar-refractivity contribution is 6.05. The molecular weight excluding hydrogens is 326 g/mol. The molecule has 0 saturated carbocycles. The van der Waals surface area contributed by atoms with Gasteiger partial charge in [0.25, 0.3) is 5.91 Å². The highest BCUT2D eigenvalue weighted by atomic mass is 19.1. The number of nitrogens with one attached hydrogen (secondary N) is 2. The summed E-state index contributed by atoms with van der Waals surface area (Å²) in [4.78, 5) is 36.3. The van der Waals surface area contributed by atoms with Gasteiger partial charge in [-0.2, -0.15) is 4.39 Å². The molecule has 10 heteroatoms. The molecule has 1 aromatic carbocycles. The molecule has 0 fully saturated rings. The van der Waals surface area contributed by atoms with Crippen LogP contribution in [0, 0.1) is 21.7 Å². The Balaban J connectivity index is 2.25. The minimum atomic E-state index is -1.57. The summed E-state index contributed by atoms with van der Waals surface area (Å²) in [7, 11) is 0. The number of anilines is 2. The van der Waals surface area contributed by atoms with Crippen molar-refractivity contribution in [3.05, 3.63) is 57.8 Å². The molecular formula is C14H10F2N4O4. The highest BCUT2D eigenvalue weighted by Crippen LogP contribution is 2.24. The Morgan fingerprint density at radius 1 is 1.17 bits per heavy atom. The van der Waals surface area contributed by atoms with Gasteiger partial charge in [0, 0.05) is 13.0 Å². The van der Waals surface area contributed by atoms with E-state index in [2.05, 4.69) is 15.6 Å². The van der Waals surface area contributed by atoms with Crippen molar-refractivity contribution in [1.82, 2.24) is 4.98 Å². The molecule has 1 aromatic heterocycles. The van der Waals surface area contributed by atoms with Crippen molar-refractivity contribution in [2.75, 3.05) is 10.6 Å². The molecule has 8 nitrogen and oxygen atoms in total. The Kier molecular flexibility index (Phi) is 4.78. The van der Waals surface area contributed by atoms with Crippen molar-refractivity contribution in [3.63, 3.8) is 0 Å². The van der Waals surface area contributed by atoms with Crippen molar-refractivity contribution in [2.45, 2.75) is 6.92 Å². The second-order valence-corrected chi connectivity index (χ2v) is 4.58. The standard InChI is InChI=1S/C14H10F2N4O4/c1-7(21)18-11-5-2-8(6-17-11)19-14(22)12-9(15)3-4-10(13(12)16)20(23)24/h2-6H,1H3,(H,19,22)(H,17,18,21). The topological polar surface area (TPSA) is 114 Å². The van der Waals surface area contributed by atoms with Gasteiger partial charge in [0.2, 0.25) is 11.7 Å². The first-order valence-corrected chi connectivity index (χ1v) is 6.47. The maximum atomic E-state index is 13.9. The minimum absolute atomic E-state index is 0.0828. The molecule has 2 aromatic rings. The van der Waals surface area contributed by atoms with Crippen LogP contribution in [0.25, 0.3) is 0 Å². The summed E-state index contributed by atoms with van der Waals surface area (Å²) in [5, 5.41) is 15.2. The third kappa shape index (κ3) is 3.66. The molecule has 0 unspecified atom stereocenters. The van der Waals surface area contributed by atoms with Crippen molar-refractivity contribution in [3.8, 4) is 0 Å². The zero-order valence-corrected chi connectivity index (χ0v) is 12.2. The van der Waals surface area contributed by atoms with E-state index in [0.717, 1.165) is 6.20 Å². The van der Waals surface area contributed by atoms with Crippen LogP contribution in [-0.2, 0) is 4.79 Å². The van der Waals surface area contributed by atoms with Gasteiger partial charge in [0.15, 0.2) is 0 Å². The van der Waals surface area contributed by atoms with E-state index >= 15 is 0 Å². The van der Waals surface area contributed by atoms with Gasteiger partial charge in [-0.25, -0.2) is 9.37 Å². The lowest BCUT2D eigenvalue weighted by Gasteiger charge is -2.08. The maximum absolute atomic E-state index is 13.9. The maximum Gasteiger partial charge on any atom is 0.305 e. The van der Waals surface area contributed by atoms with Crippen LogP contribution in [0.3, 0.4) is 0 Å². The summed E-state index contributed by atoms with van der Waals surface area (Å²) in [6, 6.07) is 3.96. The number of aromatic nitrogens is 1. The van der Waals surface area contributed by atoms with E-state index in [1.165, 1.54) is 19.1 Å². The first-order valence-electron chi connectivity index (χ1n) is 6.47. The quantitative estimate of drug-likeness (QED) is 0.657. The molecule has 0 aliphatic carbocycles. The smallest absolute Gasteiger partial charge is 0.305 e. The molecule has 0 atom stereocenters. The number of pyridine rings is 1. The lowest BCUT2D eigenvalue weighted by molar-refractivity contribution is -0.387. The fraction of sp³-hybridized carbons (Fsp3) is 0.0714. The lowest BCUT2D eigenvalue weighted by Crippen LogP contribution is -2.17. The van der Waals surface area contributed by atoms with Gasteiger partial charge < -0.3 is 10.6 Å². The Labute approximate surface area is 133 Å². The Bertz CT molecular complexity index is 824. The first kappa shape index (κ1) is 16.9. The predicted molar refractivity (Wildman–Crippen MR) is 79.5 cm³/mol. The Morgan fingerprint density at radius 3 is 2.42 bits per heavy atom. The summed E-state index contributed by atoms with van der Waals surface area (Å²) < 4.78 is 27.6. The SMILES string of the molecule is CC(=O)Nc1ccc(NC(=O)c2c(F)ccc([N+](=O)[O-])c2F)cn1. The van der Waals surface area contributed by atoms with Gasteiger partial charge >= 0.3 is 5.69 Å². The second kappa shape index (κ2) is 6.77. The molecule has 2 amide bonds. The number of nitro groups is 1. The van der Waals surface area contributed by atoms with Gasteiger partial charge in [-0.05, 0) is 18.2 Å². The number of rotatable bonds is 4. The summed E-state index contributed by atoms with van der Waals surface area (Å²) in [6.07, 6.45) is 1.15. The van der Waals surface area contributed by atoms with Crippen LogP contribution in [0.1, 0.15) is 17.3 Å². The number of nitrogens with zero attached hydrogens (tertiary/aromatic N) is 2. The molecule has 2 N–H and O–H groups in total. The van der Waals surface area contributed by atoms with Crippen molar-refractivity contribution in [2.24, 2.45) is 0 Å². The lowest BCUT2D eigenvalue weighted by atomic mass is 10.1. The minimum Gasteiger partial charge on any atom is -0.320 e. The average Bonchev–Trinajstić information content (AvgIpc) is 2.48. The Morgan fingerprint density at radius 2 is 1.88 bits per heavy atom. The van der Waals surface area contributed by atoms with E-state index in [9.17, 15) is 28.5 Å². The van der Waals surface area contributed by atoms with E-state index in [1.807, 2.05) is 0 Å². The van der Waals surface area contributed by atoms with Crippen LogP contribution in [0.4, 0.5) is 26.0 Å². The van der Waals surface area contributed by atoms with Gasteiger partial charge in [0.05, 0.1) is 16.8 Å². The van der Waals surface area contributed by atoms with E-state index in [1.54, 1.807) is 0 Å². The fourth-order valence-corrected chi connectivity index (χ4v) is 1.81. The number of benzene rings is 1. The number of amides is 2.